The number of rotatable bonds is 8. The quantitative estimate of drug-likeness (QED) is 0.306. The summed E-state index contributed by atoms with van der Waals surface area (Å²) >= 11 is 0. The monoisotopic (exact) mass is 534 g/mol. The van der Waals surface area contributed by atoms with E-state index >= 15 is 0 Å². The SMILES string of the molecule is CCCC1CCC(c2ccc(C)c(F)c2F)CC1.CCCC1CCC(c2ccc(OCC)c(F)c2F)CC1. The van der Waals surface area contributed by atoms with Gasteiger partial charge in [-0.2, -0.15) is 4.39 Å². The van der Waals surface area contributed by atoms with Gasteiger partial charge in [0.25, 0.3) is 0 Å². The second kappa shape index (κ2) is 14.9. The molecule has 0 bridgehead atoms. The molecule has 0 saturated heterocycles. The molecule has 0 radical (unpaired) electrons. The van der Waals surface area contributed by atoms with Crippen LogP contribution >= 0.6 is 0 Å². The van der Waals surface area contributed by atoms with Gasteiger partial charge < -0.3 is 4.74 Å². The van der Waals surface area contributed by atoms with Crippen molar-refractivity contribution in [3.8, 4) is 5.75 Å². The number of hydrogen-bond donors (Lipinski definition) is 0. The zero-order valence-corrected chi connectivity index (χ0v) is 23.7. The third kappa shape index (κ3) is 7.76. The fourth-order valence-corrected chi connectivity index (χ4v) is 6.45. The van der Waals surface area contributed by atoms with Crippen LogP contribution in [0.1, 0.15) is 126 Å². The van der Waals surface area contributed by atoms with E-state index in [2.05, 4.69) is 13.8 Å². The molecule has 2 saturated carbocycles. The molecule has 0 heterocycles. The summed E-state index contributed by atoms with van der Waals surface area (Å²) in [4.78, 5) is 0. The van der Waals surface area contributed by atoms with Crippen molar-refractivity contribution in [1.82, 2.24) is 0 Å². The summed E-state index contributed by atoms with van der Waals surface area (Å²) in [5, 5.41) is 0. The van der Waals surface area contributed by atoms with Crippen LogP contribution in [0.4, 0.5) is 17.6 Å². The Morgan fingerprint density at radius 2 is 1.05 bits per heavy atom. The van der Waals surface area contributed by atoms with Crippen molar-refractivity contribution in [3.63, 3.8) is 0 Å². The highest BCUT2D eigenvalue weighted by Gasteiger charge is 2.27. The molecule has 0 amide bonds. The maximum Gasteiger partial charge on any atom is 0.200 e. The molecule has 4 rings (SSSR count). The Kier molecular flexibility index (Phi) is 12.0. The summed E-state index contributed by atoms with van der Waals surface area (Å²) in [6.07, 6.45) is 13.5. The number of benzene rings is 2. The molecular formula is C33H46F4O. The summed E-state index contributed by atoms with van der Waals surface area (Å²) in [7, 11) is 0. The van der Waals surface area contributed by atoms with Gasteiger partial charge in [-0.05, 0) is 112 Å². The smallest absolute Gasteiger partial charge is 0.200 e. The Labute approximate surface area is 227 Å². The van der Waals surface area contributed by atoms with Crippen LogP contribution in [0.2, 0.25) is 0 Å². The van der Waals surface area contributed by atoms with E-state index in [1.165, 1.54) is 25.7 Å². The van der Waals surface area contributed by atoms with Gasteiger partial charge in [-0.1, -0.05) is 57.7 Å². The molecule has 2 aromatic rings. The van der Waals surface area contributed by atoms with Gasteiger partial charge >= 0.3 is 0 Å². The maximum atomic E-state index is 14.2. The second-order valence-corrected chi connectivity index (χ2v) is 11.3. The van der Waals surface area contributed by atoms with Crippen LogP contribution in [0.25, 0.3) is 0 Å². The van der Waals surface area contributed by atoms with E-state index in [0.29, 0.717) is 23.3 Å². The minimum atomic E-state index is -0.833. The molecule has 0 spiro atoms. The van der Waals surface area contributed by atoms with Crippen molar-refractivity contribution in [2.75, 3.05) is 6.61 Å². The van der Waals surface area contributed by atoms with E-state index in [4.69, 9.17) is 4.74 Å². The maximum absolute atomic E-state index is 14.2. The van der Waals surface area contributed by atoms with Crippen LogP contribution in [0.3, 0.4) is 0 Å². The first kappa shape index (κ1) is 30.5. The van der Waals surface area contributed by atoms with Crippen LogP contribution in [-0.4, -0.2) is 6.61 Å². The summed E-state index contributed by atoms with van der Waals surface area (Å²) in [6, 6.07) is 6.74. The zero-order valence-electron chi connectivity index (χ0n) is 23.7. The minimum Gasteiger partial charge on any atom is -0.491 e. The van der Waals surface area contributed by atoms with E-state index in [1.54, 1.807) is 38.1 Å². The predicted octanol–water partition coefficient (Wildman–Crippen LogP) is 10.8. The Morgan fingerprint density at radius 1 is 0.605 bits per heavy atom. The number of hydrogen-bond acceptors (Lipinski definition) is 1. The molecule has 0 unspecified atom stereocenters. The highest BCUT2D eigenvalue weighted by atomic mass is 19.2. The summed E-state index contributed by atoms with van der Waals surface area (Å²) in [5.74, 6) is -0.863. The second-order valence-electron chi connectivity index (χ2n) is 11.3. The van der Waals surface area contributed by atoms with Crippen molar-refractivity contribution in [1.29, 1.82) is 0 Å². The topological polar surface area (TPSA) is 9.23 Å². The lowest BCUT2D eigenvalue weighted by Gasteiger charge is -2.29. The van der Waals surface area contributed by atoms with Gasteiger partial charge in [0, 0.05) is 0 Å². The first-order valence-corrected chi connectivity index (χ1v) is 14.9. The molecule has 2 aromatic carbocycles. The summed E-state index contributed by atoms with van der Waals surface area (Å²) < 4.78 is 60.6. The molecule has 5 heteroatoms. The van der Waals surface area contributed by atoms with Gasteiger partial charge in [-0.15, -0.1) is 0 Å². The van der Waals surface area contributed by atoms with Gasteiger partial charge in [0.15, 0.2) is 23.2 Å². The lowest BCUT2D eigenvalue weighted by atomic mass is 9.77. The fourth-order valence-electron chi connectivity index (χ4n) is 6.45. The molecule has 2 aliphatic rings. The van der Waals surface area contributed by atoms with Gasteiger partial charge in [0.05, 0.1) is 6.61 Å². The first-order valence-electron chi connectivity index (χ1n) is 14.9. The van der Waals surface area contributed by atoms with Crippen molar-refractivity contribution in [2.24, 2.45) is 11.8 Å². The van der Waals surface area contributed by atoms with Crippen LogP contribution in [0.5, 0.6) is 5.75 Å². The van der Waals surface area contributed by atoms with Crippen molar-refractivity contribution >= 4 is 0 Å². The highest BCUT2D eigenvalue weighted by molar-refractivity contribution is 5.33. The Bertz CT molecular complexity index is 1000. The average molecular weight is 535 g/mol. The Morgan fingerprint density at radius 3 is 1.50 bits per heavy atom. The van der Waals surface area contributed by atoms with Crippen molar-refractivity contribution in [2.45, 2.75) is 117 Å². The third-order valence-electron chi connectivity index (χ3n) is 8.65. The van der Waals surface area contributed by atoms with E-state index in [-0.39, 0.29) is 17.6 Å². The van der Waals surface area contributed by atoms with Gasteiger partial charge in [0.1, 0.15) is 0 Å². The zero-order chi connectivity index (χ0) is 27.7. The van der Waals surface area contributed by atoms with Crippen LogP contribution in [-0.2, 0) is 0 Å². The van der Waals surface area contributed by atoms with E-state index < -0.39 is 23.3 Å². The lowest BCUT2D eigenvalue weighted by molar-refractivity contribution is 0.295. The molecule has 0 N–H and O–H groups in total. The Balaban J connectivity index is 0.000000212. The lowest BCUT2D eigenvalue weighted by Crippen LogP contribution is -2.15. The first-order chi connectivity index (χ1) is 18.3. The van der Waals surface area contributed by atoms with Gasteiger partial charge in [-0.25, -0.2) is 13.2 Å². The molecule has 2 aliphatic carbocycles. The number of halogens is 4. The van der Waals surface area contributed by atoms with E-state index in [1.807, 2.05) is 0 Å². The molecule has 212 valence electrons. The molecule has 38 heavy (non-hydrogen) atoms. The minimum absolute atomic E-state index is 0.0217. The Hall–Kier alpha value is -2.04. The third-order valence-corrected chi connectivity index (χ3v) is 8.65. The van der Waals surface area contributed by atoms with E-state index in [9.17, 15) is 17.6 Å². The average Bonchev–Trinajstić information content (AvgIpc) is 2.92. The van der Waals surface area contributed by atoms with Gasteiger partial charge in [0.2, 0.25) is 5.82 Å². The summed E-state index contributed by atoms with van der Waals surface area (Å²) in [5.41, 5.74) is 1.52. The molecule has 0 aliphatic heterocycles. The predicted molar refractivity (Wildman–Crippen MR) is 148 cm³/mol. The molecule has 0 atom stereocenters. The normalized spacial score (nSPS) is 23.5. The van der Waals surface area contributed by atoms with Crippen molar-refractivity contribution < 1.29 is 22.3 Å². The van der Waals surface area contributed by atoms with Crippen LogP contribution < -0.4 is 4.74 Å². The van der Waals surface area contributed by atoms with Crippen LogP contribution in [0, 0.1) is 42.0 Å². The largest absolute Gasteiger partial charge is 0.491 e. The van der Waals surface area contributed by atoms with Gasteiger partial charge in [-0.3, -0.25) is 0 Å². The number of aryl methyl sites for hydroxylation is 1. The molecule has 2 fully saturated rings. The molecule has 0 aromatic heterocycles. The molecular weight excluding hydrogens is 488 g/mol. The van der Waals surface area contributed by atoms with Crippen molar-refractivity contribution in [3.05, 3.63) is 64.2 Å². The van der Waals surface area contributed by atoms with Crippen LogP contribution in [0.15, 0.2) is 24.3 Å². The standard InChI is InChI=1S/C17H24F2O.C16H22F2/c1-3-5-12-6-8-13(9-7-12)14-10-11-15(20-4-2)17(19)16(14)18;1-3-4-12-6-8-13(9-7-12)14-10-5-11(2)15(17)16(14)18/h10-13H,3-9H2,1-2H3;5,10,12-13H,3-4,6-9H2,1-2H3. The fraction of sp³-hybridized carbons (Fsp3) is 0.636. The number of ether oxygens (including phenoxy) is 1. The highest BCUT2D eigenvalue weighted by Crippen LogP contribution is 2.40. The summed E-state index contributed by atoms with van der Waals surface area (Å²) in [6.45, 7) is 8.13. The van der Waals surface area contributed by atoms with E-state index in [0.717, 1.165) is 63.2 Å². The molecule has 1 nitrogen and oxygen atoms in total.